The zero-order chi connectivity index (χ0) is 19.6. The summed E-state index contributed by atoms with van der Waals surface area (Å²) in [6.45, 7) is 5.00. The maximum absolute atomic E-state index is 12.9. The van der Waals surface area contributed by atoms with Gasteiger partial charge >= 0.3 is 0 Å². The Kier molecular flexibility index (Phi) is 5.95. The van der Waals surface area contributed by atoms with Gasteiger partial charge in [0.05, 0.1) is 18.7 Å². The van der Waals surface area contributed by atoms with Crippen molar-refractivity contribution in [3.63, 3.8) is 0 Å². The summed E-state index contributed by atoms with van der Waals surface area (Å²) in [4.78, 5) is 14.7. The third-order valence-corrected chi connectivity index (χ3v) is 5.39. The Morgan fingerprint density at radius 3 is 2.37 bits per heavy atom. The van der Waals surface area contributed by atoms with Crippen molar-refractivity contribution in [2.75, 3.05) is 20.8 Å². The minimum atomic E-state index is -0.564. The molecule has 1 aliphatic heterocycles. The lowest BCUT2D eigenvalue weighted by Crippen LogP contribution is -2.43. The van der Waals surface area contributed by atoms with Crippen molar-refractivity contribution in [1.82, 2.24) is 4.90 Å². The minimum Gasteiger partial charge on any atom is -0.493 e. The maximum atomic E-state index is 12.9. The zero-order valence-corrected chi connectivity index (χ0v) is 17.6. The number of ether oxygens (including phenoxy) is 3. The van der Waals surface area contributed by atoms with Crippen LogP contribution in [0.15, 0.2) is 34.8 Å². The van der Waals surface area contributed by atoms with E-state index in [1.807, 2.05) is 42.2 Å². The Bertz CT molecular complexity index is 852. The van der Waals surface area contributed by atoms with E-state index in [4.69, 9.17) is 14.2 Å². The van der Waals surface area contributed by atoms with Gasteiger partial charge < -0.3 is 19.1 Å². The molecule has 0 N–H and O–H groups in total. The van der Waals surface area contributed by atoms with Crippen LogP contribution < -0.4 is 14.2 Å². The number of aryl methyl sites for hydroxylation is 1. The number of halogens is 1. The first-order chi connectivity index (χ1) is 12.9. The predicted octanol–water partition coefficient (Wildman–Crippen LogP) is 4.13. The lowest BCUT2D eigenvalue weighted by atomic mass is 9.98. The molecule has 144 valence electrons. The van der Waals surface area contributed by atoms with Gasteiger partial charge in [0.2, 0.25) is 0 Å². The molecule has 3 rings (SSSR count). The second-order valence-electron chi connectivity index (χ2n) is 6.68. The second-order valence-corrected chi connectivity index (χ2v) is 7.53. The van der Waals surface area contributed by atoms with Crippen LogP contribution >= 0.6 is 15.9 Å². The SMILES string of the molecule is COc1cc2c(cc1OC)CN(C(=O)C(C)Oc1ccc(C)cc1Br)CC2. The number of carbonyl (C=O) groups is 1. The Labute approximate surface area is 168 Å². The number of benzene rings is 2. The van der Waals surface area contributed by atoms with Crippen LogP contribution in [0.25, 0.3) is 0 Å². The summed E-state index contributed by atoms with van der Waals surface area (Å²) in [6.07, 6.45) is 0.216. The Hall–Kier alpha value is -2.21. The zero-order valence-electron chi connectivity index (χ0n) is 16.0. The molecule has 27 heavy (non-hydrogen) atoms. The number of methoxy groups -OCH3 is 2. The van der Waals surface area contributed by atoms with Gasteiger partial charge in [-0.25, -0.2) is 0 Å². The highest BCUT2D eigenvalue weighted by Gasteiger charge is 2.27. The highest BCUT2D eigenvalue weighted by molar-refractivity contribution is 9.10. The highest BCUT2D eigenvalue weighted by Crippen LogP contribution is 2.33. The molecule has 0 bridgehead atoms. The number of hydrogen-bond donors (Lipinski definition) is 0. The summed E-state index contributed by atoms with van der Waals surface area (Å²) in [5.41, 5.74) is 3.40. The summed E-state index contributed by atoms with van der Waals surface area (Å²) in [5.74, 6) is 2.04. The smallest absolute Gasteiger partial charge is 0.263 e. The highest BCUT2D eigenvalue weighted by atomic mass is 79.9. The molecule has 0 fully saturated rings. The average Bonchev–Trinajstić information content (AvgIpc) is 2.67. The van der Waals surface area contributed by atoms with Crippen molar-refractivity contribution in [1.29, 1.82) is 0 Å². The van der Waals surface area contributed by atoms with Gasteiger partial charge in [0.25, 0.3) is 5.91 Å². The molecule has 1 heterocycles. The van der Waals surface area contributed by atoms with Crippen molar-refractivity contribution in [2.45, 2.75) is 32.9 Å². The van der Waals surface area contributed by atoms with E-state index in [9.17, 15) is 4.79 Å². The summed E-state index contributed by atoms with van der Waals surface area (Å²) in [5, 5.41) is 0. The van der Waals surface area contributed by atoms with Gasteiger partial charge in [-0.05, 0) is 77.2 Å². The fourth-order valence-corrected chi connectivity index (χ4v) is 3.86. The number of hydrogen-bond acceptors (Lipinski definition) is 4. The van der Waals surface area contributed by atoms with E-state index in [-0.39, 0.29) is 5.91 Å². The van der Waals surface area contributed by atoms with Gasteiger partial charge in [-0.2, -0.15) is 0 Å². The number of nitrogens with zero attached hydrogens (tertiary/aromatic N) is 1. The van der Waals surface area contributed by atoms with Gasteiger partial charge in [0.1, 0.15) is 5.75 Å². The van der Waals surface area contributed by atoms with E-state index >= 15 is 0 Å². The molecular weight excluding hydrogens is 410 g/mol. The van der Waals surface area contributed by atoms with Crippen LogP contribution in [0.3, 0.4) is 0 Å². The molecule has 1 atom stereocenters. The molecule has 5 nitrogen and oxygen atoms in total. The van der Waals surface area contributed by atoms with Gasteiger partial charge in [-0.15, -0.1) is 0 Å². The molecule has 0 saturated heterocycles. The molecule has 0 aliphatic carbocycles. The van der Waals surface area contributed by atoms with Crippen LogP contribution in [0, 0.1) is 6.92 Å². The van der Waals surface area contributed by atoms with E-state index < -0.39 is 6.10 Å². The molecule has 2 aromatic rings. The fourth-order valence-electron chi connectivity index (χ4n) is 3.27. The van der Waals surface area contributed by atoms with Crippen molar-refractivity contribution in [2.24, 2.45) is 0 Å². The minimum absolute atomic E-state index is 0.0251. The van der Waals surface area contributed by atoms with Gasteiger partial charge in [-0.1, -0.05) is 6.07 Å². The first-order valence-electron chi connectivity index (χ1n) is 8.88. The number of carbonyl (C=O) groups excluding carboxylic acids is 1. The van der Waals surface area contributed by atoms with Crippen LogP contribution in [0.2, 0.25) is 0 Å². The quantitative estimate of drug-likeness (QED) is 0.710. The van der Waals surface area contributed by atoms with Crippen molar-refractivity contribution < 1.29 is 19.0 Å². The Balaban J connectivity index is 1.73. The molecule has 1 amide bonds. The van der Waals surface area contributed by atoms with Crippen LogP contribution in [0.1, 0.15) is 23.6 Å². The number of fused-ring (bicyclic) bond motifs is 1. The first kappa shape index (κ1) is 19.5. The third kappa shape index (κ3) is 4.21. The summed E-state index contributed by atoms with van der Waals surface area (Å²) in [6, 6.07) is 9.78. The molecular formula is C21H24BrNO4. The first-order valence-corrected chi connectivity index (χ1v) is 9.67. The van der Waals surface area contributed by atoms with Gasteiger partial charge in [0, 0.05) is 13.1 Å². The maximum Gasteiger partial charge on any atom is 0.263 e. The molecule has 1 aliphatic rings. The molecule has 2 aromatic carbocycles. The van der Waals surface area contributed by atoms with Crippen LogP contribution in [-0.4, -0.2) is 37.7 Å². The molecule has 0 spiro atoms. The molecule has 0 aromatic heterocycles. The van der Waals surface area contributed by atoms with Crippen LogP contribution in [-0.2, 0) is 17.8 Å². The van der Waals surface area contributed by atoms with Crippen LogP contribution in [0.4, 0.5) is 0 Å². The van der Waals surface area contributed by atoms with Crippen molar-refractivity contribution >= 4 is 21.8 Å². The van der Waals surface area contributed by atoms with E-state index in [1.54, 1.807) is 21.1 Å². The van der Waals surface area contributed by atoms with Crippen molar-refractivity contribution in [3.8, 4) is 17.2 Å². The number of rotatable bonds is 5. The van der Waals surface area contributed by atoms with Crippen molar-refractivity contribution in [3.05, 3.63) is 51.5 Å². The Morgan fingerprint density at radius 1 is 1.07 bits per heavy atom. The molecule has 0 saturated carbocycles. The second kappa shape index (κ2) is 8.21. The van der Waals surface area contributed by atoms with Crippen LogP contribution in [0.5, 0.6) is 17.2 Å². The van der Waals surface area contributed by atoms with Gasteiger partial charge in [-0.3, -0.25) is 4.79 Å². The summed E-state index contributed by atoms with van der Waals surface area (Å²) in [7, 11) is 3.25. The normalized spacial score (nSPS) is 14.3. The largest absolute Gasteiger partial charge is 0.493 e. The standard InChI is InChI=1S/C21H24BrNO4/c1-13-5-6-18(17(22)9-13)27-14(2)21(24)23-8-7-15-10-19(25-3)20(26-4)11-16(15)12-23/h5-6,9-11,14H,7-8,12H2,1-4H3. The Morgan fingerprint density at radius 2 is 1.74 bits per heavy atom. The summed E-state index contributed by atoms with van der Waals surface area (Å²) < 4.78 is 17.5. The topological polar surface area (TPSA) is 48.0 Å². The summed E-state index contributed by atoms with van der Waals surface area (Å²) >= 11 is 3.50. The third-order valence-electron chi connectivity index (χ3n) is 4.77. The monoisotopic (exact) mass is 433 g/mol. The fraction of sp³-hybridized carbons (Fsp3) is 0.381. The number of amides is 1. The van der Waals surface area contributed by atoms with E-state index in [0.29, 0.717) is 24.6 Å². The lowest BCUT2D eigenvalue weighted by Gasteiger charge is -2.31. The van der Waals surface area contributed by atoms with E-state index in [2.05, 4.69) is 15.9 Å². The molecule has 1 unspecified atom stereocenters. The van der Waals surface area contributed by atoms with Gasteiger partial charge in [0.15, 0.2) is 17.6 Å². The predicted molar refractivity (Wildman–Crippen MR) is 108 cm³/mol. The van der Waals surface area contributed by atoms with E-state index in [1.165, 1.54) is 5.56 Å². The molecule has 0 radical (unpaired) electrons. The van der Waals surface area contributed by atoms with E-state index in [0.717, 1.165) is 27.8 Å². The lowest BCUT2D eigenvalue weighted by molar-refractivity contribution is -0.138. The average molecular weight is 434 g/mol. The molecule has 6 heteroatoms.